The third kappa shape index (κ3) is 4.48. The molecule has 2 saturated heterocycles. The van der Waals surface area contributed by atoms with Crippen LogP contribution in [0, 0.1) is 10.1 Å². The highest BCUT2D eigenvalue weighted by Gasteiger charge is 2.65. The minimum Gasteiger partial charge on any atom is -0.459 e. The zero-order valence-corrected chi connectivity index (χ0v) is 18.6. The molecule has 1 unspecified atom stereocenters. The zero-order chi connectivity index (χ0) is 22.2. The lowest BCUT2D eigenvalue weighted by Crippen LogP contribution is -2.71. The Hall–Kier alpha value is -1.92. The van der Waals surface area contributed by atoms with Crippen LogP contribution in [0.5, 0.6) is 0 Å². The van der Waals surface area contributed by atoms with Gasteiger partial charge in [-0.05, 0) is 5.53 Å². The van der Waals surface area contributed by atoms with Crippen LogP contribution in [0.15, 0.2) is 5.11 Å². The molecule has 0 amide bonds. The Morgan fingerprint density at radius 2 is 1.86 bits per heavy atom. The normalized spacial score (nSPS) is 31.8. The first-order chi connectivity index (χ1) is 13.2. The summed E-state index contributed by atoms with van der Waals surface area (Å²) in [5.74, 6) is -0.650. The lowest BCUT2D eigenvalue weighted by Gasteiger charge is -2.57. The Morgan fingerprint density at radius 1 is 1.28 bits per heavy atom. The molecule has 0 aromatic carbocycles. The maximum Gasteiger partial charge on any atom is 0.349 e. The molecule has 13 heteroatoms. The molecule has 29 heavy (non-hydrogen) atoms. The molecule has 0 aromatic rings. The van der Waals surface area contributed by atoms with E-state index >= 15 is 0 Å². The topological polar surface area (TPSA) is 155 Å². The summed E-state index contributed by atoms with van der Waals surface area (Å²) in [6.07, 6.45) is -4.33. The second-order valence-electron chi connectivity index (χ2n) is 9.15. The van der Waals surface area contributed by atoms with Crippen molar-refractivity contribution in [1.82, 2.24) is 0 Å². The van der Waals surface area contributed by atoms with Gasteiger partial charge in [-0.15, -0.1) is 10.1 Å². The summed E-state index contributed by atoms with van der Waals surface area (Å²) >= 11 is 0. The first-order valence-corrected chi connectivity index (χ1v) is 11.0. The van der Waals surface area contributed by atoms with E-state index in [4.69, 9.17) is 23.9 Å². The van der Waals surface area contributed by atoms with Crippen molar-refractivity contribution in [3.8, 4) is 0 Å². The number of rotatable bonds is 4. The maximum atomic E-state index is 11.8. The van der Waals surface area contributed by atoms with E-state index < -0.39 is 50.3 Å². The third-order valence-corrected chi connectivity index (χ3v) is 10.1. The standard InChI is InChI=1S/C16H28N4O8Si/c1-9(21)25-13-11(18-19-17)14(27-20(22)23)26-10-8-24-29(15(2,3)4,16(5,6)7)28-12(10)13/h10-14H,8H2,1-7H3/t10-,11-,12-,13-,14?/m1/s1. The van der Waals surface area contributed by atoms with Gasteiger partial charge in [0.25, 0.3) is 5.09 Å². The van der Waals surface area contributed by atoms with Crippen molar-refractivity contribution >= 4 is 14.5 Å². The van der Waals surface area contributed by atoms with Crippen LogP contribution in [0.4, 0.5) is 0 Å². The molecular weight excluding hydrogens is 404 g/mol. The first kappa shape index (κ1) is 23.4. The van der Waals surface area contributed by atoms with Crippen LogP contribution < -0.4 is 0 Å². The Kier molecular flexibility index (Phi) is 6.50. The van der Waals surface area contributed by atoms with Gasteiger partial charge < -0.3 is 18.3 Å². The number of nitrogens with zero attached hydrogens (tertiary/aromatic N) is 4. The molecule has 2 fully saturated rings. The van der Waals surface area contributed by atoms with Crippen LogP contribution >= 0.6 is 0 Å². The summed E-state index contributed by atoms with van der Waals surface area (Å²) in [6.45, 7) is 13.3. The number of azide groups is 1. The van der Waals surface area contributed by atoms with E-state index in [1.165, 1.54) is 6.92 Å². The lowest BCUT2D eigenvalue weighted by atomic mass is 9.97. The lowest BCUT2D eigenvalue weighted by molar-refractivity contribution is -0.783. The molecule has 0 spiro atoms. The Labute approximate surface area is 169 Å². The molecular formula is C16H28N4O8Si. The van der Waals surface area contributed by atoms with E-state index in [-0.39, 0.29) is 16.7 Å². The van der Waals surface area contributed by atoms with Gasteiger partial charge in [-0.3, -0.25) is 9.63 Å². The molecule has 0 N–H and O–H groups in total. The quantitative estimate of drug-likeness (QED) is 0.125. The average Bonchev–Trinajstić information content (AvgIpc) is 2.54. The van der Waals surface area contributed by atoms with Crippen LogP contribution in [0.3, 0.4) is 0 Å². The Balaban J connectivity index is 2.51. The minimum atomic E-state index is -2.97. The molecule has 2 aliphatic rings. The van der Waals surface area contributed by atoms with Gasteiger partial charge in [-0.25, -0.2) is 0 Å². The SMILES string of the molecule is CC(=O)O[C@H]1[C@@H]2O[Si](C(C)(C)C)(C(C)(C)C)OC[C@H]2OC(O[N+](=O)[O-])[C@@H]1N=[N+]=[N-]. The predicted octanol–water partition coefficient (Wildman–Crippen LogP) is 2.99. The van der Waals surface area contributed by atoms with E-state index in [0.717, 1.165) is 0 Å². The average molecular weight is 433 g/mol. The molecule has 5 atom stereocenters. The van der Waals surface area contributed by atoms with Crippen molar-refractivity contribution in [3.05, 3.63) is 20.6 Å². The predicted molar refractivity (Wildman–Crippen MR) is 101 cm³/mol. The van der Waals surface area contributed by atoms with Gasteiger partial charge in [0.1, 0.15) is 24.4 Å². The number of fused-ring (bicyclic) bond motifs is 1. The highest BCUT2D eigenvalue weighted by Crippen LogP contribution is 2.55. The summed E-state index contributed by atoms with van der Waals surface area (Å²) in [4.78, 5) is 29.9. The molecule has 0 saturated carbocycles. The number of hydrogen-bond donors (Lipinski definition) is 0. The number of carbonyl (C=O) groups excluding carboxylic acids is 1. The number of ether oxygens (including phenoxy) is 2. The Bertz CT molecular complexity index is 686. The van der Waals surface area contributed by atoms with E-state index in [1.807, 2.05) is 41.5 Å². The minimum absolute atomic E-state index is 0.0732. The van der Waals surface area contributed by atoms with E-state index in [9.17, 15) is 14.9 Å². The van der Waals surface area contributed by atoms with Crippen LogP contribution in [-0.4, -0.2) is 56.9 Å². The summed E-state index contributed by atoms with van der Waals surface area (Å²) < 4.78 is 23.9. The molecule has 12 nitrogen and oxygen atoms in total. The van der Waals surface area contributed by atoms with Crippen molar-refractivity contribution in [2.75, 3.05) is 6.61 Å². The van der Waals surface area contributed by atoms with Gasteiger partial charge >= 0.3 is 14.5 Å². The summed E-state index contributed by atoms with van der Waals surface area (Å²) in [5, 5.41) is 12.7. The van der Waals surface area contributed by atoms with E-state index in [2.05, 4.69) is 14.9 Å². The largest absolute Gasteiger partial charge is 0.459 e. The van der Waals surface area contributed by atoms with Crippen molar-refractivity contribution in [3.63, 3.8) is 0 Å². The van der Waals surface area contributed by atoms with Gasteiger partial charge in [0.15, 0.2) is 0 Å². The highest BCUT2D eigenvalue weighted by atomic mass is 28.4. The zero-order valence-electron chi connectivity index (χ0n) is 17.6. The van der Waals surface area contributed by atoms with Crippen molar-refractivity contribution in [1.29, 1.82) is 0 Å². The number of esters is 1. The van der Waals surface area contributed by atoms with Crippen molar-refractivity contribution in [2.24, 2.45) is 5.11 Å². The molecule has 0 radical (unpaired) electrons. The van der Waals surface area contributed by atoms with Crippen LogP contribution in [0.2, 0.25) is 10.1 Å². The van der Waals surface area contributed by atoms with Crippen LogP contribution in [0.1, 0.15) is 48.5 Å². The fraction of sp³-hybridized carbons (Fsp3) is 0.938. The maximum absolute atomic E-state index is 11.8. The van der Waals surface area contributed by atoms with Gasteiger partial charge in [0.2, 0.25) is 6.29 Å². The Morgan fingerprint density at radius 3 is 2.31 bits per heavy atom. The molecule has 2 aliphatic heterocycles. The van der Waals surface area contributed by atoms with E-state index in [1.54, 1.807) is 0 Å². The van der Waals surface area contributed by atoms with Gasteiger partial charge in [0, 0.05) is 21.9 Å². The highest BCUT2D eigenvalue weighted by molar-refractivity contribution is 6.73. The molecule has 0 bridgehead atoms. The number of hydrogen-bond acceptors (Lipinski definition) is 9. The van der Waals surface area contributed by atoms with Crippen molar-refractivity contribution < 1.29 is 33.0 Å². The third-order valence-electron chi connectivity index (χ3n) is 5.02. The van der Waals surface area contributed by atoms with Gasteiger partial charge in [-0.1, -0.05) is 46.7 Å². The number of carbonyl (C=O) groups is 1. The van der Waals surface area contributed by atoms with Gasteiger partial charge in [0.05, 0.1) is 6.61 Å². The molecule has 164 valence electrons. The first-order valence-electron chi connectivity index (χ1n) is 9.23. The van der Waals surface area contributed by atoms with Crippen LogP contribution in [0.25, 0.3) is 10.4 Å². The second kappa shape index (κ2) is 8.07. The van der Waals surface area contributed by atoms with Gasteiger partial charge in [-0.2, -0.15) is 0 Å². The fourth-order valence-corrected chi connectivity index (χ4v) is 9.14. The summed E-state index contributed by atoms with van der Waals surface area (Å²) in [5.41, 5.74) is 8.96. The van der Waals surface area contributed by atoms with Crippen molar-refractivity contribution in [2.45, 2.75) is 89.2 Å². The summed E-state index contributed by atoms with van der Waals surface area (Å²) in [6, 6.07) is -1.31. The molecule has 0 aliphatic carbocycles. The molecule has 2 heterocycles. The molecule has 0 aromatic heterocycles. The second-order valence-corrected chi connectivity index (χ2v) is 13.9. The van der Waals surface area contributed by atoms with E-state index in [0.29, 0.717) is 0 Å². The summed E-state index contributed by atoms with van der Waals surface area (Å²) in [7, 11) is -2.97. The molecule has 2 rings (SSSR count). The monoisotopic (exact) mass is 432 g/mol. The smallest absolute Gasteiger partial charge is 0.349 e. The van der Waals surface area contributed by atoms with Crippen LogP contribution in [-0.2, 0) is 28.0 Å². The fourth-order valence-electron chi connectivity index (χ4n) is 4.18.